The summed E-state index contributed by atoms with van der Waals surface area (Å²) in [5, 5.41) is 0. The number of benzene rings is 1. The molecule has 0 unspecified atom stereocenters. The van der Waals surface area contributed by atoms with Crippen LogP contribution in [0.2, 0.25) is 0 Å². The third-order valence-corrected chi connectivity index (χ3v) is 2.14. The molecule has 0 aliphatic rings. The van der Waals surface area contributed by atoms with Gasteiger partial charge in [-0.05, 0) is 24.6 Å². The lowest BCUT2D eigenvalue weighted by atomic mass is 10.2. The van der Waals surface area contributed by atoms with Gasteiger partial charge in [0.1, 0.15) is 0 Å². The van der Waals surface area contributed by atoms with Gasteiger partial charge in [0.15, 0.2) is 0 Å². The Hall–Kier alpha value is -1.03. The van der Waals surface area contributed by atoms with E-state index in [4.69, 9.17) is 5.73 Å². The quantitative estimate of drug-likeness (QED) is 0.701. The van der Waals surface area contributed by atoms with Crippen LogP contribution in [-0.2, 0) is 9.73 Å². The molecule has 1 rings (SSSR count). The van der Waals surface area contributed by atoms with Crippen molar-refractivity contribution in [2.75, 3.05) is 18.2 Å². The van der Waals surface area contributed by atoms with Gasteiger partial charge in [-0.3, -0.25) is 0 Å². The smallest absolute Gasteiger partial charge is 0.0959 e. The summed E-state index contributed by atoms with van der Waals surface area (Å²) < 4.78 is 15.4. The minimum Gasteiger partial charge on any atom is -0.397 e. The summed E-state index contributed by atoms with van der Waals surface area (Å²) in [4.78, 5) is 0. The van der Waals surface area contributed by atoms with E-state index in [1.807, 2.05) is 19.1 Å². The molecule has 72 valence electrons. The summed E-state index contributed by atoms with van der Waals surface area (Å²) >= 11 is 0. The lowest BCUT2D eigenvalue weighted by Gasteiger charge is -2.02. The molecule has 0 fully saturated rings. The van der Waals surface area contributed by atoms with Gasteiger partial charge in [0.05, 0.1) is 11.4 Å². The fourth-order valence-corrected chi connectivity index (χ4v) is 1.63. The lowest BCUT2D eigenvalue weighted by molar-refractivity contribution is 0.684. The second-order valence-corrected chi connectivity index (χ2v) is 5.88. The molecule has 1 aromatic rings. The summed E-state index contributed by atoms with van der Waals surface area (Å²) in [7, 11) is -2.12. The molecule has 0 saturated heterocycles. The zero-order valence-electron chi connectivity index (χ0n) is 8.07. The number of aryl methyl sites for hydroxylation is 1. The fourth-order valence-electron chi connectivity index (χ4n) is 0.994. The van der Waals surface area contributed by atoms with Crippen LogP contribution in [0.15, 0.2) is 22.6 Å². The second kappa shape index (κ2) is 3.38. The van der Waals surface area contributed by atoms with Crippen molar-refractivity contribution in [3.63, 3.8) is 0 Å². The van der Waals surface area contributed by atoms with Crippen LogP contribution in [0.5, 0.6) is 0 Å². The van der Waals surface area contributed by atoms with E-state index >= 15 is 0 Å². The molecule has 1 aromatic carbocycles. The Bertz CT molecular complexity index is 423. The van der Waals surface area contributed by atoms with Gasteiger partial charge in [0.2, 0.25) is 0 Å². The van der Waals surface area contributed by atoms with E-state index in [1.54, 1.807) is 18.6 Å². The van der Waals surface area contributed by atoms with E-state index in [1.165, 1.54) is 0 Å². The van der Waals surface area contributed by atoms with Crippen LogP contribution in [-0.4, -0.2) is 16.7 Å². The summed E-state index contributed by atoms with van der Waals surface area (Å²) in [6, 6.07) is 5.52. The van der Waals surface area contributed by atoms with Gasteiger partial charge in [0, 0.05) is 22.2 Å². The van der Waals surface area contributed by atoms with E-state index in [0.29, 0.717) is 11.4 Å². The molecule has 0 aliphatic heterocycles. The molecule has 0 heterocycles. The molecule has 2 N–H and O–H groups in total. The topological polar surface area (TPSA) is 55.5 Å². The first-order valence-electron chi connectivity index (χ1n) is 3.92. The van der Waals surface area contributed by atoms with Crippen LogP contribution >= 0.6 is 0 Å². The molecule has 0 atom stereocenters. The highest BCUT2D eigenvalue weighted by atomic mass is 32.2. The predicted molar refractivity (Wildman–Crippen MR) is 57.7 cm³/mol. The SMILES string of the molecule is Cc1ccc(N=S(C)(C)=O)c(N)c1. The van der Waals surface area contributed by atoms with Crippen molar-refractivity contribution < 1.29 is 4.21 Å². The van der Waals surface area contributed by atoms with Crippen molar-refractivity contribution in [2.24, 2.45) is 4.36 Å². The van der Waals surface area contributed by atoms with E-state index in [-0.39, 0.29) is 0 Å². The van der Waals surface area contributed by atoms with E-state index in [0.717, 1.165) is 5.56 Å². The highest BCUT2D eigenvalue weighted by Crippen LogP contribution is 2.23. The molecule has 3 nitrogen and oxygen atoms in total. The first-order chi connectivity index (χ1) is 5.88. The standard InChI is InChI=1S/C9H14N2OS/c1-7-4-5-9(8(10)6-7)11-13(2,3)12/h4-6H,10H2,1-3H3. The Morgan fingerprint density at radius 1 is 1.38 bits per heavy atom. The Kier molecular flexibility index (Phi) is 2.61. The fraction of sp³-hybridized carbons (Fsp3) is 0.333. The third kappa shape index (κ3) is 3.06. The first kappa shape index (κ1) is 10.1. The van der Waals surface area contributed by atoms with E-state index in [2.05, 4.69) is 4.36 Å². The largest absolute Gasteiger partial charge is 0.397 e. The summed E-state index contributed by atoms with van der Waals surface area (Å²) in [6.07, 6.45) is 3.18. The number of nitrogens with zero attached hydrogens (tertiary/aromatic N) is 1. The minimum atomic E-state index is -2.12. The maximum Gasteiger partial charge on any atom is 0.0959 e. The Labute approximate surface area is 79.1 Å². The van der Waals surface area contributed by atoms with E-state index in [9.17, 15) is 4.21 Å². The normalized spacial score (nSPS) is 11.3. The average molecular weight is 198 g/mol. The zero-order valence-corrected chi connectivity index (χ0v) is 8.89. The van der Waals surface area contributed by atoms with Gasteiger partial charge in [-0.2, -0.15) is 4.36 Å². The van der Waals surface area contributed by atoms with Gasteiger partial charge >= 0.3 is 0 Å². The lowest BCUT2D eigenvalue weighted by Crippen LogP contribution is -1.92. The molecule has 0 amide bonds. The number of rotatable bonds is 1. The molecule has 4 heteroatoms. The minimum absolute atomic E-state index is 0.580. The van der Waals surface area contributed by atoms with E-state index < -0.39 is 9.73 Å². The summed E-state index contributed by atoms with van der Waals surface area (Å²) in [6.45, 7) is 1.95. The highest BCUT2D eigenvalue weighted by molar-refractivity contribution is 7.92. The Balaban J connectivity index is 3.26. The van der Waals surface area contributed by atoms with Crippen molar-refractivity contribution in [1.82, 2.24) is 0 Å². The van der Waals surface area contributed by atoms with Gasteiger partial charge < -0.3 is 5.73 Å². The second-order valence-electron chi connectivity index (χ2n) is 3.33. The molecule has 0 saturated carbocycles. The molecule has 0 aromatic heterocycles. The van der Waals surface area contributed by atoms with Crippen molar-refractivity contribution in [1.29, 1.82) is 0 Å². The van der Waals surface area contributed by atoms with Crippen molar-refractivity contribution in [3.8, 4) is 0 Å². The van der Waals surface area contributed by atoms with Gasteiger partial charge in [-0.25, -0.2) is 4.21 Å². The number of hydrogen-bond donors (Lipinski definition) is 1. The highest BCUT2D eigenvalue weighted by Gasteiger charge is 1.98. The number of hydrogen-bond acceptors (Lipinski definition) is 3. The maximum atomic E-state index is 11.4. The van der Waals surface area contributed by atoms with Crippen LogP contribution in [0.1, 0.15) is 5.56 Å². The first-order valence-corrected chi connectivity index (χ1v) is 6.25. The van der Waals surface area contributed by atoms with Crippen LogP contribution in [0.4, 0.5) is 11.4 Å². The maximum absolute atomic E-state index is 11.4. The zero-order chi connectivity index (χ0) is 10.1. The summed E-state index contributed by atoms with van der Waals surface area (Å²) in [5.74, 6) is 0. The van der Waals surface area contributed by atoms with Gasteiger partial charge in [-0.15, -0.1) is 0 Å². The van der Waals surface area contributed by atoms with Gasteiger partial charge in [0.25, 0.3) is 0 Å². The average Bonchev–Trinajstić information content (AvgIpc) is 1.93. The molecule has 0 aliphatic carbocycles. The molecule has 0 bridgehead atoms. The monoisotopic (exact) mass is 198 g/mol. The van der Waals surface area contributed by atoms with Crippen LogP contribution < -0.4 is 5.73 Å². The van der Waals surface area contributed by atoms with Crippen molar-refractivity contribution in [2.45, 2.75) is 6.92 Å². The molecular formula is C9H14N2OS. The molecular weight excluding hydrogens is 184 g/mol. The van der Waals surface area contributed by atoms with Crippen molar-refractivity contribution in [3.05, 3.63) is 23.8 Å². The molecule has 0 spiro atoms. The summed E-state index contributed by atoms with van der Waals surface area (Å²) in [5.41, 5.74) is 7.98. The Morgan fingerprint density at radius 2 is 2.00 bits per heavy atom. The number of nitrogens with two attached hydrogens (primary N) is 1. The van der Waals surface area contributed by atoms with Gasteiger partial charge in [-0.1, -0.05) is 6.07 Å². The third-order valence-electron chi connectivity index (χ3n) is 1.50. The van der Waals surface area contributed by atoms with Crippen LogP contribution in [0, 0.1) is 6.92 Å². The molecule has 0 radical (unpaired) electrons. The predicted octanol–water partition coefficient (Wildman–Crippen LogP) is 1.94. The number of anilines is 1. The van der Waals surface area contributed by atoms with Crippen molar-refractivity contribution >= 4 is 21.1 Å². The Morgan fingerprint density at radius 3 is 2.46 bits per heavy atom. The van der Waals surface area contributed by atoms with Crippen LogP contribution in [0.3, 0.4) is 0 Å². The molecule has 13 heavy (non-hydrogen) atoms. The number of nitrogen functional groups attached to an aromatic ring is 1. The van der Waals surface area contributed by atoms with Crippen LogP contribution in [0.25, 0.3) is 0 Å².